The molecule has 7 heteroatoms. The number of nitrogens with zero attached hydrogens (tertiary/aromatic N) is 2. The van der Waals surface area contributed by atoms with Gasteiger partial charge < -0.3 is 24.3 Å². The number of H-pyrrole nitrogens is 1. The minimum Gasteiger partial charge on any atom is -0.445 e. The molecular formula is C28H41N3O4. The summed E-state index contributed by atoms with van der Waals surface area (Å²) in [6, 6.07) is -0.279. The van der Waals surface area contributed by atoms with E-state index in [0.29, 0.717) is 19.5 Å². The number of nitrogens with one attached hydrogen (secondary N) is 1. The number of ether oxygens (including phenoxy) is 2. The van der Waals surface area contributed by atoms with Gasteiger partial charge in [-0.05, 0) is 71.1 Å². The highest BCUT2D eigenvalue weighted by atomic mass is 16.6. The van der Waals surface area contributed by atoms with Crippen molar-refractivity contribution in [2.45, 2.75) is 84.9 Å². The van der Waals surface area contributed by atoms with Crippen LogP contribution in [-0.4, -0.2) is 64.4 Å². The summed E-state index contributed by atoms with van der Waals surface area (Å²) in [7, 11) is 0. The quantitative estimate of drug-likeness (QED) is 0.490. The maximum absolute atomic E-state index is 13.2. The summed E-state index contributed by atoms with van der Waals surface area (Å²) in [5.74, 6) is -0.0383. The maximum atomic E-state index is 13.2. The van der Waals surface area contributed by atoms with Crippen LogP contribution in [0, 0.1) is 6.92 Å². The molecule has 2 amide bonds. The van der Waals surface area contributed by atoms with E-state index in [1.165, 1.54) is 0 Å². The summed E-state index contributed by atoms with van der Waals surface area (Å²) in [6.07, 6.45) is 13.1. The molecule has 0 aliphatic carbocycles. The van der Waals surface area contributed by atoms with Crippen LogP contribution in [0.1, 0.15) is 77.1 Å². The van der Waals surface area contributed by atoms with Gasteiger partial charge in [0, 0.05) is 30.9 Å². The molecule has 2 aliphatic rings. The molecule has 35 heavy (non-hydrogen) atoms. The van der Waals surface area contributed by atoms with Crippen LogP contribution in [0.15, 0.2) is 36.1 Å². The SMILES string of the molecule is C/C=C\C=C(/C)COC(=O)N1C[C@H](c2c[nH]c(C)c2/C=C\CC)[C@@H]2[C@H]1CCN2C(=O)OC(C)(C)C. The molecule has 2 saturated heterocycles. The Hall–Kier alpha value is -2.96. The smallest absolute Gasteiger partial charge is 0.410 e. The third-order valence-electron chi connectivity index (χ3n) is 6.56. The average Bonchev–Trinajstić information content (AvgIpc) is 3.47. The summed E-state index contributed by atoms with van der Waals surface area (Å²) < 4.78 is 11.4. The van der Waals surface area contributed by atoms with Crippen LogP contribution >= 0.6 is 0 Å². The second kappa shape index (κ2) is 11.2. The normalized spacial score (nSPS) is 22.9. The van der Waals surface area contributed by atoms with Crippen LogP contribution in [0.2, 0.25) is 0 Å². The Morgan fingerprint density at radius 3 is 2.63 bits per heavy atom. The van der Waals surface area contributed by atoms with Crippen LogP contribution in [0.4, 0.5) is 9.59 Å². The lowest BCUT2D eigenvalue weighted by Crippen LogP contribution is -2.45. The molecule has 192 valence electrons. The molecule has 1 aromatic heterocycles. The minimum atomic E-state index is -0.585. The van der Waals surface area contributed by atoms with Gasteiger partial charge in [0.2, 0.25) is 0 Å². The summed E-state index contributed by atoms with van der Waals surface area (Å²) in [5, 5.41) is 0. The van der Waals surface area contributed by atoms with Crippen molar-refractivity contribution in [2.24, 2.45) is 0 Å². The van der Waals surface area contributed by atoms with Gasteiger partial charge in [0.15, 0.2) is 0 Å². The topological polar surface area (TPSA) is 74.9 Å². The third-order valence-corrected chi connectivity index (χ3v) is 6.56. The van der Waals surface area contributed by atoms with Gasteiger partial charge in [-0.3, -0.25) is 0 Å². The van der Waals surface area contributed by atoms with E-state index < -0.39 is 5.60 Å². The fraction of sp³-hybridized carbons (Fsp3) is 0.571. The summed E-state index contributed by atoms with van der Waals surface area (Å²) in [5.41, 5.74) is 3.72. The lowest BCUT2D eigenvalue weighted by molar-refractivity contribution is 0.0210. The van der Waals surface area contributed by atoms with E-state index in [1.54, 1.807) is 0 Å². The molecule has 0 spiro atoms. The predicted octanol–water partition coefficient (Wildman–Crippen LogP) is 6.18. The molecule has 0 saturated carbocycles. The zero-order valence-electron chi connectivity index (χ0n) is 22.3. The highest BCUT2D eigenvalue weighted by Crippen LogP contribution is 2.43. The van der Waals surface area contributed by atoms with Gasteiger partial charge in [0.25, 0.3) is 0 Å². The number of carbonyl (C=O) groups is 2. The van der Waals surface area contributed by atoms with Crippen molar-refractivity contribution < 1.29 is 19.1 Å². The highest BCUT2D eigenvalue weighted by molar-refractivity contribution is 5.73. The molecule has 0 unspecified atom stereocenters. The number of aromatic nitrogens is 1. The summed E-state index contributed by atoms with van der Waals surface area (Å²) >= 11 is 0. The Labute approximate surface area is 209 Å². The fourth-order valence-corrected chi connectivity index (χ4v) is 4.99. The van der Waals surface area contributed by atoms with E-state index in [-0.39, 0.29) is 36.8 Å². The summed E-state index contributed by atoms with van der Waals surface area (Å²) in [4.78, 5) is 33.4. The van der Waals surface area contributed by atoms with E-state index in [9.17, 15) is 9.59 Å². The number of allylic oxidation sites excluding steroid dienone is 4. The average molecular weight is 484 g/mol. The first-order chi connectivity index (χ1) is 16.6. The van der Waals surface area contributed by atoms with Crippen LogP contribution in [0.25, 0.3) is 6.08 Å². The van der Waals surface area contributed by atoms with Gasteiger partial charge in [-0.1, -0.05) is 37.3 Å². The highest BCUT2D eigenvalue weighted by Gasteiger charge is 2.54. The molecule has 7 nitrogen and oxygen atoms in total. The van der Waals surface area contributed by atoms with E-state index in [2.05, 4.69) is 31.0 Å². The molecule has 2 fully saturated rings. The van der Waals surface area contributed by atoms with E-state index >= 15 is 0 Å². The van der Waals surface area contributed by atoms with Gasteiger partial charge in [0.05, 0.1) is 12.1 Å². The Morgan fingerprint density at radius 2 is 1.97 bits per heavy atom. The molecular weight excluding hydrogens is 442 g/mol. The van der Waals surface area contributed by atoms with Gasteiger partial charge in [-0.25, -0.2) is 9.59 Å². The molecule has 1 N–H and O–H groups in total. The fourth-order valence-electron chi connectivity index (χ4n) is 4.99. The maximum Gasteiger partial charge on any atom is 0.410 e. The monoisotopic (exact) mass is 483 g/mol. The van der Waals surface area contributed by atoms with E-state index in [1.807, 2.05) is 68.8 Å². The van der Waals surface area contributed by atoms with Crippen LogP contribution in [-0.2, 0) is 9.47 Å². The zero-order valence-corrected chi connectivity index (χ0v) is 22.3. The minimum absolute atomic E-state index is 0.0383. The van der Waals surface area contributed by atoms with Crippen LogP contribution in [0.5, 0.6) is 0 Å². The lowest BCUT2D eigenvalue weighted by atomic mass is 9.90. The van der Waals surface area contributed by atoms with Crippen molar-refractivity contribution in [3.63, 3.8) is 0 Å². The number of carbonyl (C=O) groups excluding carboxylic acids is 2. The number of aromatic amines is 1. The van der Waals surface area contributed by atoms with Gasteiger partial charge >= 0.3 is 12.2 Å². The lowest BCUT2D eigenvalue weighted by Gasteiger charge is -2.31. The molecule has 0 radical (unpaired) electrons. The molecule has 0 bridgehead atoms. The first-order valence-corrected chi connectivity index (χ1v) is 12.6. The van der Waals surface area contributed by atoms with Crippen molar-refractivity contribution in [1.29, 1.82) is 0 Å². The Kier molecular flexibility index (Phi) is 8.51. The van der Waals surface area contributed by atoms with Gasteiger partial charge in [0.1, 0.15) is 12.2 Å². The molecule has 3 atom stereocenters. The van der Waals surface area contributed by atoms with Crippen LogP contribution < -0.4 is 0 Å². The molecule has 0 aromatic carbocycles. The van der Waals surface area contributed by atoms with Crippen molar-refractivity contribution in [3.05, 3.63) is 52.9 Å². The van der Waals surface area contributed by atoms with Crippen molar-refractivity contribution in [2.75, 3.05) is 19.7 Å². The second-order valence-corrected chi connectivity index (χ2v) is 10.5. The van der Waals surface area contributed by atoms with Gasteiger partial charge in [-0.15, -0.1) is 0 Å². The zero-order chi connectivity index (χ0) is 25.8. The van der Waals surface area contributed by atoms with Crippen LogP contribution in [0.3, 0.4) is 0 Å². The van der Waals surface area contributed by atoms with Crippen molar-refractivity contribution >= 4 is 18.3 Å². The number of fused-ring (bicyclic) bond motifs is 1. The van der Waals surface area contributed by atoms with E-state index in [4.69, 9.17) is 9.47 Å². The number of rotatable bonds is 6. The Bertz CT molecular complexity index is 998. The molecule has 3 rings (SSSR count). The third kappa shape index (κ3) is 6.19. The largest absolute Gasteiger partial charge is 0.445 e. The Balaban J connectivity index is 1.91. The number of hydrogen-bond donors (Lipinski definition) is 1. The second-order valence-electron chi connectivity index (χ2n) is 10.5. The van der Waals surface area contributed by atoms with Gasteiger partial charge in [-0.2, -0.15) is 0 Å². The molecule has 1 aromatic rings. The Morgan fingerprint density at radius 1 is 1.23 bits per heavy atom. The number of likely N-dealkylation sites (tertiary alicyclic amines) is 2. The van der Waals surface area contributed by atoms with Crippen molar-refractivity contribution in [1.82, 2.24) is 14.8 Å². The number of aryl methyl sites for hydroxylation is 1. The van der Waals surface area contributed by atoms with Crippen molar-refractivity contribution in [3.8, 4) is 0 Å². The standard InChI is InChI=1S/C28H41N3O4/c1-8-10-12-19(3)18-34-26(32)31-17-23(22-16-29-20(4)21(22)13-11-9-2)25-24(31)14-15-30(25)27(33)35-28(5,6)7/h8,10-13,16,23-25,29H,9,14-15,17-18H2,1-7H3/b10-8-,13-11-,19-12+/t23-,24-,25-/m1/s1. The first kappa shape index (κ1) is 26.6. The number of amides is 2. The first-order valence-electron chi connectivity index (χ1n) is 12.6. The molecule has 2 aliphatic heterocycles. The molecule has 3 heterocycles. The predicted molar refractivity (Wildman–Crippen MR) is 139 cm³/mol. The number of hydrogen-bond acceptors (Lipinski definition) is 4. The summed E-state index contributed by atoms with van der Waals surface area (Å²) in [6.45, 7) is 15.0. The van der Waals surface area contributed by atoms with E-state index in [0.717, 1.165) is 28.8 Å².